The average molecular weight is 2090 g/mol. The number of phosphoric acid groups is 3. The molecular formula is C92H143N16O31P3S. The number of likely N-dealkylation sites (N-methyl/N-ethyl adjacent to an activating group) is 1. The number of Topliss-reactive ketones (excluding diaryl/α,β-unsaturated/α-hetero) is 2. The average Bonchev–Trinajstić information content (AvgIpc) is 1.61. The van der Waals surface area contributed by atoms with Crippen molar-refractivity contribution in [1.29, 1.82) is 0 Å². The fourth-order valence-corrected chi connectivity index (χ4v) is 21.4. The second-order valence-electron chi connectivity index (χ2n) is 37.9. The first-order valence-corrected chi connectivity index (χ1v) is 53.1. The summed E-state index contributed by atoms with van der Waals surface area (Å²) in [6.07, 6.45) is -5.91. The number of phosphoric ester groups is 3. The lowest BCUT2D eigenvalue weighted by Crippen LogP contribution is -2.57. The Kier molecular flexibility index (Phi) is 46.7. The number of thioether (sulfide) groups is 1. The minimum atomic E-state index is -5.67. The summed E-state index contributed by atoms with van der Waals surface area (Å²) in [6, 6.07) is 10.00. The number of carboxylic acid groups (broad SMARTS) is 1. The topological polar surface area (TPSA) is 678 Å². The van der Waals surface area contributed by atoms with E-state index in [2.05, 4.69) is 67.6 Å². The van der Waals surface area contributed by atoms with Crippen LogP contribution in [0.4, 0.5) is 21.1 Å². The van der Waals surface area contributed by atoms with E-state index in [1.807, 2.05) is 44.2 Å². The quantitative estimate of drug-likeness (QED) is 0.0135. The zero-order chi connectivity index (χ0) is 106. The van der Waals surface area contributed by atoms with E-state index in [1.165, 1.54) is 40.0 Å². The van der Waals surface area contributed by atoms with Crippen LogP contribution in [0.1, 0.15) is 184 Å². The third kappa shape index (κ3) is 35.8. The molecule has 0 spiro atoms. The van der Waals surface area contributed by atoms with Crippen LogP contribution < -0.4 is 48.7 Å². The number of nitrogen functional groups attached to an aromatic ring is 1. The maximum Gasteiger partial charge on any atom is 0.481 e. The van der Waals surface area contributed by atoms with Crippen molar-refractivity contribution in [2.75, 3.05) is 84.0 Å². The number of aliphatic hydroxyl groups is 2. The Labute approximate surface area is 835 Å². The number of nitrogens with two attached hydrogens (primary N) is 2. The SMILES string of the molecule is C=C(CCCCCN1C(=O)CC(SCCNC(=O)CCNC(=O)[C@H](O)C(C)(C)COP(=O)(O)OP(=O)(O)OC[C@@H]2O[C@H](n3cnc4c(N)ncnc43)[C@@H](O)[C@H]2OP(=O)(O)O)C1=O)N[C@H](C(=O)N[C@@H](CCCNC(N)=O)C(=O)Nc1ccc(COC(=O)N(C)[C@H](C(=O)N[C@H](C(=O)C(C)[C@@H]([C@H](C)CC)[C@H](CC(=O)N2CCC[C@H]2[C@@H](OC)[C@H](C)C(=O)C[C@H](Cc2ccccc2)C(=O)O)OC)C(C)C)C(C)C)cc1)C(C)C. The van der Waals surface area contributed by atoms with Gasteiger partial charge in [-0.2, -0.15) is 4.31 Å². The second-order valence-corrected chi connectivity index (χ2v) is 43.4. The van der Waals surface area contributed by atoms with Crippen molar-refractivity contribution < 1.29 is 148 Å². The molecule has 5 heterocycles. The first-order chi connectivity index (χ1) is 67.1. The summed E-state index contributed by atoms with van der Waals surface area (Å²) >= 11 is 1.16. The van der Waals surface area contributed by atoms with Crippen LogP contribution in [0.3, 0.4) is 0 Å². The molecule has 0 radical (unpaired) electrons. The second kappa shape index (κ2) is 55.6. The predicted octanol–water partition coefficient (Wildman–Crippen LogP) is 6.08. The number of nitrogens with one attached hydrogen (secondary N) is 7. The number of aromatic nitrogens is 4. The molecule has 0 saturated carbocycles. The lowest BCUT2D eigenvalue weighted by Gasteiger charge is -2.39. The van der Waals surface area contributed by atoms with E-state index in [0.717, 1.165) is 39.4 Å². The van der Waals surface area contributed by atoms with E-state index in [4.69, 9.17) is 39.5 Å². The Morgan fingerprint density at radius 1 is 0.748 bits per heavy atom. The third-order valence-electron chi connectivity index (χ3n) is 25.6. The van der Waals surface area contributed by atoms with Gasteiger partial charge < -0.3 is 107 Å². The Morgan fingerprint density at radius 2 is 1.42 bits per heavy atom. The highest BCUT2D eigenvalue weighted by Crippen LogP contribution is 2.61. The molecule has 4 unspecified atom stereocenters. The number of amides is 11. The summed E-state index contributed by atoms with van der Waals surface area (Å²) in [5.41, 5.74) is 11.6. The first-order valence-electron chi connectivity index (χ1n) is 47.6. The Hall–Kier alpha value is -9.84. The molecule has 0 bridgehead atoms. The minimum absolute atomic E-state index is 0.00342. The predicted molar refractivity (Wildman–Crippen MR) is 522 cm³/mol. The fourth-order valence-electron chi connectivity index (χ4n) is 17.5. The van der Waals surface area contributed by atoms with Gasteiger partial charge >= 0.3 is 41.6 Å². The van der Waals surface area contributed by atoms with Crippen molar-refractivity contribution in [1.82, 2.24) is 66.1 Å². The number of likely N-dealkylation sites (tertiary alicyclic amines) is 2. The van der Waals surface area contributed by atoms with Crippen molar-refractivity contribution in [3.8, 4) is 0 Å². The van der Waals surface area contributed by atoms with Crippen molar-refractivity contribution in [2.24, 2.45) is 58.5 Å². The highest BCUT2D eigenvalue weighted by Gasteiger charge is 2.52. The number of imidazole rings is 1. The van der Waals surface area contributed by atoms with Gasteiger partial charge in [-0.1, -0.05) is 145 Å². The van der Waals surface area contributed by atoms with E-state index >= 15 is 4.79 Å². The molecule has 3 aliphatic heterocycles. The molecule has 4 aromatic rings. The molecule has 0 aliphatic carbocycles. The maximum absolute atomic E-state index is 15.0. The number of aliphatic hydroxyl groups excluding tert-OH is 2. The third-order valence-corrected chi connectivity index (χ3v) is 29.9. The largest absolute Gasteiger partial charge is 0.481 e. The number of carboxylic acids is 1. The Balaban J connectivity index is 0.807. The smallest absolute Gasteiger partial charge is 0.481 e. The monoisotopic (exact) mass is 2090 g/mol. The lowest BCUT2D eigenvalue weighted by molar-refractivity contribution is -0.146. The number of carbonyl (C=O) groups is 13. The zero-order valence-electron chi connectivity index (χ0n) is 83.4. The molecule has 798 valence electrons. The Morgan fingerprint density at radius 3 is 2.04 bits per heavy atom. The number of benzene rings is 2. The zero-order valence-corrected chi connectivity index (χ0v) is 86.9. The van der Waals surface area contributed by atoms with Crippen LogP contribution in [0.25, 0.3) is 11.2 Å². The molecule has 2 aromatic heterocycles. The Bertz CT molecular complexity index is 5160. The van der Waals surface area contributed by atoms with E-state index in [1.54, 1.807) is 84.6 Å². The number of ketones is 2. The molecule has 18 N–H and O–H groups in total. The standard InChI is InChI=1S/C92H143N16O31P3S/c1-17-54(8)71(65(132-15)44-69(111)106-40-25-30-63(106)78(133-16)56(10)64(109)43-60(89(121)122)42-58-27-21-18-22-28-58)57(11)76(113)72(51(2)3)104-85(118)75(53(6)7)105(14)91(124)134-46-59-31-33-61(34-32-59)102-83(116)62(29-24-36-97-90(94)123)103-84(117)73(52(4)5)101-55(9)26-20-19-23-39-107-70(112)45-67(87(107)120)143-41-38-95-68(110)35-37-96-86(119)80(115)92(12,13)48-136-142(130,131)139-141(128,129)135-47-66-79(138-140(125,126)127)77(114)88(137-66)108-50-100-74-81(93)98-49-99-82(74)108/h18,21-22,27-28,31-34,49-54,56-57,60,62-63,65-67,71-73,75,77-80,88,101,114-115H,9,17,19-20,23-26,29-30,35-48H2,1-8,10-16H3,(H,95,110)(H,96,119)(H,102,116)(H,103,117)(H,104,118)(H,121,122)(H,128,129)(H,130,131)(H2,93,98,99)(H3,94,97,123)(H2,125,126,127)/t54-,56-,57?,60+,62+,63+,65+,66+,67?,71-,72+,73+,75+,77+,78+,79+,80+,88+/m1/s1. The number of methoxy groups -OCH3 is 2. The number of nitrogens with zero attached hydrogens (tertiary/aromatic N) is 7. The number of allylic oxidation sites excluding steroid dienone is 1. The molecule has 20 atom stereocenters. The van der Waals surface area contributed by atoms with Gasteiger partial charge in [-0.25, -0.2) is 38.2 Å². The van der Waals surface area contributed by atoms with Crippen LogP contribution >= 0.6 is 35.2 Å². The number of ether oxygens (including phenoxy) is 4. The summed E-state index contributed by atoms with van der Waals surface area (Å²) in [4.78, 5) is 232. The molecule has 7 rings (SSSR count). The summed E-state index contributed by atoms with van der Waals surface area (Å²) in [5, 5.41) is 50.6. The van der Waals surface area contributed by atoms with Gasteiger partial charge in [0.1, 0.15) is 66.8 Å². The first kappa shape index (κ1) is 120. The number of rotatable bonds is 62. The number of hydrogen-bond donors (Lipinski definition) is 16. The van der Waals surface area contributed by atoms with Gasteiger partial charge in [-0.15, -0.1) is 11.8 Å². The number of anilines is 2. The number of primary amides is 1. The highest BCUT2D eigenvalue weighted by molar-refractivity contribution is 8.00. The van der Waals surface area contributed by atoms with E-state index in [-0.39, 0.29) is 136 Å². The van der Waals surface area contributed by atoms with Crippen LogP contribution in [0.5, 0.6) is 0 Å². The van der Waals surface area contributed by atoms with E-state index in [9.17, 15) is 106 Å². The molecule has 143 heavy (non-hydrogen) atoms. The highest BCUT2D eigenvalue weighted by atomic mass is 32.2. The van der Waals surface area contributed by atoms with Gasteiger partial charge in [-0.3, -0.25) is 80.7 Å². The number of hydrogen-bond acceptors (Lipinski definition) is 32. The summed E-state index contributed by atoms with van der Waals surface area (Å²) in [6.45, 7) is 22.7. The lowest BCUT2D eigenvalue weighted by atomic mass is 9.73. The minimum Gasteiger partial charge on any atom is -0.481 e. The van der Waals surface area contributed by atoms with Gasteiger partial charge in [0, 0.05) is 108 Å². The van der Waals surface area contributed by atoms with E-state index < -0.39 is 209 Å². The van der Waals surface area contributed by atoms with Gasteiger partial charge in [0.15, 0.2) is 23.5 Å². The van der Waals surface area contributed by atoms with E-state index in [0.29, 0.717) is 68.4 Å². The van der Waals surface area contributed by atoms with Gasteiger partial charge in [0.2, 0.25) is 47.3 Å². The molecule has 3 aliphatic rings. The van der Waals surface area contributed by atoms with Gasteiger partial charge in [0.25, 0.3) is 0 Å². The molecule has 3 saturated heterocycles. The summed E-state index contributed by atoms with van der Waals surface area (Å²) in [5.74, 6) is -10.2. The number of carbonyl (C=O) groups excluding carboxylic acids is 12. The van der Waals surface area contributed by atoms with Crippen LogP contribution in [-0.4, -0.2) is 291 Å². The molecule has 11 amide bonds. The number of urea groups is 1. The number of fused-ring (bicyclic) bond motifs is 1. The summed E-state index contributed by atoms with van der Waals surface area (Å²) in [7, 11) is -12.3. The van der Waals surface area contributed by atoms with Crippen molar-refractivity contribution >= 4 is 135 Å². The van der Waals surface area contributed by atoms with Crippen LogP contribution in [-0.2, 0) is 116 Å². The van der Waals surface area contributed by atoms with Gasteiger partial charge in [-0.05, 0) is 104 Å². The normalized spacial score (nSPS) is 20.1. The molecule has 47 nitrogen and oxygen atoms in total. The fraction of sp³-hybridized carbons (Fsp3) is 0.652. The molecular weight excluding hydrogens is 1950 g/mol. The van der Waals surface area contributed by atoms with Crippen molar-refractivity contribution in [3.05, 3.63) is 90.7 Å². The summed E-state index contributed by atoms with van der Waals surface area (Å²) < 4.78 is 81.0. The maximum atomic E-state index is 15.0. The van der Waals surface area contributed by atoms with Crippen molar-refractivity contribution in [3.63, 3.8) is 0 Å². The van der Waals surface area contributed by atoms with Crippen LogP contribution in [0.2, 0.25) is 0 Å². The van der Waals surface area contributed by atoms with Crippen LogP contribution in [0.15, 0.2) is 79.5 Å². The van der Waals surface area contributed by atoms with Gasteiger partial charge in [0.05, 0.1) is 61.4 Å². The number of unbranched alkanes of at least 4 members (excludes halogenated alkanes) is 2. The molecule has 2 aromatic carbocycles. The van der Waals surface area contributed by atoms with Crippen LogP contribution in [0, 0.1) is 52.8 Å². The molecule has 51 heteroatoms. The number of aliphatic carboxylic acids is 1. The number of imide groups is 1. The van der Waals surface area contributed by atoms with Crippen molar-refractivity contribution in [2.45, 2.75) is 258 Å². The molecule has 3 fully saturated rings.